The van der Waals surface area contributed by atoms with Gasteiger partial charge in [0.1, 0.15) is 0 Å². The normalized spacial score (nSPS) is 12.2. The fourth-order valence-corrected chi connectivity index (χ4v) is 1.55. The van der Waals surface area contributed by atoms with E-state index >= 15 is 0 Å². The molecule has 0 fully saturated rings. The van der Waals surface area contributed by atoms with Crippen molar-refractivity contribution in [3.05, 3.63) is 24.3 Å². The van der Waals surface area contributed by atoms with Gasteiger partial charge in [0.05, 0.1) is 11.7 Å². The number of hydrogen-bond donors (Lipinski definition) is 2. The minimum Gasteiger partial charge on any atom is -0.324 e. The summed E-state index contributed by atoms with van der Waals surface area (Å²) in [5.74, 6) is -0.161. The lowest BCUT2D eigenvalue weighted by Gasteiger charge is -2.10. The summed E-state index contributed by atoms with van der Waals surface area (Å²) in [6, 6.07) is 7.17. The fraction of sp³-hybridized carbons (Fsp3) is 0.300. The molecule has 3 nitrogen and oxygen atoms in total. The van der Waals surface area contributed by atoms with Gasteiger partial charge in [-0.15, -0.1) is 11.8 Å². The number of amides is 1. The highest BCUT2D eigenvalue weighted by Crippen LogP contribution is 2.24. The van der Waals surface area contributed by atoms with E-state index in [1.165, 1.54) is 0 Å². The monoisotopic (exact) mass is 210 g/mol. The van der Waals surface area contributed by atoms with Gasteiger partial charge in [-0.2, -0.15) is 0 Å². The molecule has 4 heteroatoms. The molecule has 1 unspecified atom stereocenters. The van der Waals surface area contributed by atoms with Crippen LogP contribution in [0.1, 0.15) is 6.92 Å². The number of carbonyl (C=O) groups is 1. The largest absolute Gasteiger partial charge is 0.324 e. The van der Waals surface area contributed by atoms with E-state index in [1.807, 2.05) is 30.5 Å². The van der Waals surface area contributed by atoms with Gasteiger partial charge in [-0.1, -0.05) is 12.1 Å². The average Bonchev–Trinajstić information content (AvgIpc) is 2.18. The van der Waals surface area contributed by atoms with Crippen LogP contribution in [-0.4, -0.2) is 18.2 Å². The summed E-state index contributed by atoms with van der Waals surface area (Å²) >= 11 is 1.59. The van der Waals surface area contributed by atoms with E-state index < -0.39 is 6.04 Å². The highest BCUT2D eigenvalue weighted by Gasteiger charge is 2.09. The van der Waals surface area contributed by atoms with E-state index in [-0.39, 0.29) is 5.91 Å². The number of nitrogens with one attached hydrogen (secondary N) is 1. The zero-order chi connectivity index (χ0) is 10.6. The molecule has 0 spiro atoms. The Morgan fingerprint density at radius 2 is 2.14 bits per heavy atom. The lowest BCUT2D eigenvalue weighted by Crippen LogP contribution is -2.32. The third-order valence-corrected chi connectivity index (χ3v) is 2.57. The number of rotatable bonds is 3. The molecule has 0 radical (unpaired) electrons. The smallest absolute Gasteiger partial charge is 0.241 e. The Balaban J connectivity index is 2.80. The summed E-state index contributed by atoms with van der Waals surface area (Å²) in [7, 11) is 0. The van der Waals surface area contributed by atoms with Crippen LogP contribution in [0, 0.1) is 0 Å². The molecule has 1 aromatic rings. The first-order chi connectivity index (χ1) is 6.65. The van der Waals surface area contributed by atoms with Crippen molar-refractivity contribution in [3.8, 4) is 0 Å². The zero-order valence-corrected chi connectivity index (χ0v) is 9.10. The van der Waals surface area contributed by atoms with E-state index in [1.54, 1.807) is 18.7 Å². The van der Waals surface area contributed by atoms with Crippen LogP contribution in [0.3, 0.4) is 0 Å². The predicted octanol–water partition coefficient (Wildman–Crippen LogP) is 1.69. The number of hydrogen-bond acceptors (Lipinski definition) is 3. The van der Waals surface area contributed by atoms with Crippen LogP contribution in [0.2, 0.25) is 0 Å². The zero-order valence-electron chi connectivity index (χ0n) is 8.28. The van der Waals surface area contributed by atoms with Crippen molar-refractivity contribution >= 4 is 23.4 Å². The van der Waals surface area contributed by atoms with Gasteiger partial charge in [0.15, 0.2) is 0 Å². The molecule has 0 aliphatic heterocycles. The van der Waals surface area contributed by atoms with Crippen LogP contribution in [0.5, 0.6) is 0 Å². The van der Waals surface area contributed by atoms with Crippen molar-refractivity contribution in [3.63, 3.8) is 0 Å². The molecule has 0 saturated carbocycles. The summed E-state index contributed by atoms with van der Waals surface area (Å²) < 4.78 is 0. The van der Waals surface area contributed by atoms with Gasteiger partial charge < -0.3 is 11.1 Å². The van der Waals surface area contributed by atoms with E-state index in [0.717, 1.165) is 10.6 Å². The first kappa shape index (κ1) is 11.1. The third kappa shape index (κ3) is 2.75. The molecule has 1 rings (SSSR count). The average molecular weight is 210 g/mol. The molecule has 0 aromatic heterocycles. The molecular formula is C10H14N2OS. The van der Waals surface area contributed by atoms with Crippen LogP contribution in [0.25, 0.3) is 0 Å². The molecule has 0 saturated heterocycles. The fourth-order valence-electron chi connectivity index (χ4n) is 0.994. The van der Waals surface area contributed by atoms with Crippen LogP contribution in [0.15, 0.2) is 29.2 Å². The van der Waals surface area contributed by atoms with Gasteiger partial charge in [0.25, 0.3) is 0 Å². The first-order valence-corrected chi connectivity index (χ1v) is 5.57. The summed E-state index contributed by atoms with van der Waals surface area (Å²) in [5, 5.41) is 2.78. The Hall–Kier alpha value is -1.00. The van der Waals surface area contributed by atoms with Crippen molar-refractivity contribution in [2.75, 3.05) is 11.6 Å². The van der Waals surface area contributed by atoms with Crippen molar-refractivity contribution in [2.45, 2.75) is 17.9 Å². The number of para-hydroxylation sites is 1. The molecule has 0 aliphatic rings. The summed E-state index contributed by atoms with van der Waals surface area (Å²) in [5.41, 5.74) is 6.28. The molecular weight excluding hydrogens is 196 g/mol. The highest BCUT2D eigenvalue weighted by atomic mass is 32.2. The molecule has 3 N–H and O–H groups in total. The maximum Gasteiger partial charge on any atom is 0.241 e. The second kappa shape index (κ2) is 5.02. The Labute approximate surface area is 88.1 Å². The van der Waals surface area contributed by atoms with Crippen LogP contribution in [-0.2, 0) is 4.79 Å². The quantitative estimate of drug-likeness (QED) is 0.746. The topological polar surface area (TPSA) is 55.1 Å². The number of nitrogens with two attached hydrogens (primary N) is 1. The standard InChI is InChI=1S/C10H14N2OS/c1-7(11)10(13)12-8-5-3-4-6-9(8)14-2/h3-7H,11H2,1-2H3,(H,12,13). The number of benzene rings is 1. The predicted molar refractivity (Wildman–Crippen MR) is 60.5 cm³/mol. The molecule has 14 heavy (non-hydrogen) atoms. The van der Waals surface area contributed by atoms with Crippen molar-refractivity contribution in [1.29, 1.82) is 0 Å². The van der Waals surface area contributed by atoms with Crippen molar-refractivity contribution in [1.82, 2.24) is 0 Å². The Kier molecular flexibility index (Phi) is 3.98. The number of carbonyl (C=O) groups excluding carboxylic acids is 1. The van der Waals surface area contributed by atoms with Gasteiger partial charge in [-0.3, -0.25) is 4.79 Å². The summed E-state index contributed by atoms with van der Waals surface area (Å²) in [6.45, 7) is 1.66. The molecule has 0 aliphatic carbocycles. The lowest BCUT2D eigenvalue weighted by atomic mass is 10.3. The number of anilines is 1. The maximum atomic E-state index is 11.3. The SMILES string of the molecule is CSc1ccccc1NC(=O)C(C)N. The van der Waals surface area contributed by atoms with Crippen LogP contribution < -0.4 is 11.1 Å². The minimum absolute atomic E-state index is 0.161. The van der Waals surface area contributed by atoms with Gasteiger partial charge in [0, 0.05) is 4.90 Å². The Morgan fingerprint density at radius 3 is 2.71 bits per heavy atom. The first-order valence-electron chi connectivity index (χ1n) is 4.34. The summed E-state index contributed by atoms with van der Waals surface area (Å²) in [4.78, 5) is 12.4. The second-order valence-electron chi connectivity index (χ2n) is 2.98. The van der Waals surface area contributed by atoms with Crippen molar-refractivity contribution < 1.29 is 4.79 Å². The van der Waals surface area contributed by atoms with Gasteiger partial charge >= 0.3 is 0 Å². The van der Waals surface area contributed by atoms with Gasteiger partial charge in [-0.05, 0) is 25.3 Å². The third-order valence-electron chi connectivity index (χ3n) is 1.78. The van der Waals surface area contributed by atoms with Crippen molar-refractivity contribution in [2.24, 2.45) is 5.73 Å². The molecule has 76 valence electrons. The van der Waals surface area contributed by atoms with E-state index in [4.69, 9.17) is 5.73 Å². The summed E-state index contributed by atoms with van der Waals surface area (Å²) in [6.07, 6.45) is 1.97. The Bertz CT molecular complexity index is 326. The van der Waals surface area contributed by atoms with Crippen LogP contribution >= 0.6 is 11.8 Å². The second-order valence-corrected chi connectivity index (χ2v) is 3.83. The molecule has 1 aromatic carbocycles. The Morgan fingerprint density at radius 1 is 1.50 bits per heavy atom. The maximum absolute atomic E-state index is 11.3. The van der Waals surface area contributed by atoms with Crippen LogP contribution in [0.4, 0.5) is 5.69 Å². The number of thioether (sulfide) groups is 1. The van der Waals surface area contributed by atoms with E-state index in [0.29, 0.717) is 0 Å². The lowest BCUT2D eigenvalue weighted by molar-refractivity contribution is -0.117. The highest BCUT2D eigenvalue weighted by molar-refractivity contribution is 7.98. The molecule has 0 bridgehead atoms. The molecule has 0 heterocycles. The van der Waals surface area contributed by atoms with E-state index in [2.05, 4.69) is 5.32 Å². The molecule has 1 amide bonds. The van der Waals surface area contributed by atoms with Gasteiger partial charge in [-0.25, -0.2) is 0 Å². The molecule has 1 atom stereocenters. The minimum atomic E-state index is -0.482. The van der Waals surface area contributed by atoms with Gasteiger partial charge in [0.2, 0.25) is 5.91 Å². The van der Waals surface area contributed by atoms with E-state index in [9.17, 15) is 4.79 Å².